The Bertz CT molecular complexity index is 1240. The highest BCUT2D eigenvalue weighted by Gasteiger charge is 2.30. The number of likely N-dealkylation sites (tertiary alicyclic amines) is 1. The molecule has 0 bridgehead atoms. The van der Waals surface area contributed by atoms with Crippen molar-refractivity contribution in [3.63, 3.8) is 0 Å². The second-order valence-corrected chi connectivity index (χ2v) is 10.5. The number of pyridine rings is 1. The minimum atomic E-state index is -3.48. The SMILES string of the molecule is O=C1CN=CC(N2CC[C@@H](Oc3cc(-c4ccc(S(=O)(=O)NC5CC5)cc4)ccn3)C2)=C1Cl. The van der Waals surface area contributed by atoms with Crippen LogP contribution in [0.2, 0.25) is 0 Å². The van der Waals surface area contributed by atoms with Crippen molar-refractivity contribution in [1.29, 1.82) is 0 Å². The van der Waals surface area contributed by atoms with E-state index in [4.69, 9.17) is 16.3 Å². The lowest BCUT2D eigenvalue weighted by molar-refractivity contribution is -0.113. The molecule has 2 aliphatic heterocycles. The van der Waals surface area contributed by atoms with E-state index in [2.05, 4.69) is 14.7 Å². The number of hydrogen-bond donors (Lipinski definition) is 1. The predicted octanol–water partition coefficient (Wildman–Crippen LogP) is 2.75. The first kappa shape index (κ1) is 22.1. The number of allylic oxidation sites excluding steroid dienone is 1. The molecule has 1 aromatic carbocycles. The van der Waals surface area contributed by atoms with E-state index in [-0.39, 0.29) is 34.4 Å². The van der Waals surface area contributed by atoms with Crippen LogP contribution < -0.4 is 9.46 Å². The first-order chi connectivity index (χ1) is 15.9. The van der Waals surface area contributed by atoms with Gasteiger partial charge in [0, 0.05) is 37.5 Å². The number of aromatic nitrogens is 1. The summed E-state index contributed by atoms with van der Waals surface area (Å²) in [5.41, 5.74) is 2.39. The normalized spacial score (nSPS) is 21.1. The Hall–Kier alpha value is -2.75. The van der Waals surface area contributed by atoms with Crippen LogP contribution in [-0.2, 0) is 14.8 Å². The standard InChI is InChI=1S/C23H23ClN4O4S/c24-23-20(12-25-13-21(23)29)28-10-8-18(14-28)32-22-11-16(7-9-26-22)15-1-5-19(6-2-15)33(30,31)27-17-3-4-17/h1-2,5-7,9,11-12,17-18,27H,3-4,8,10,13-14H2/t18-/m1/s1. The Morgan fingerprint density at radius 2 is 1.88 bits per heavy atom. The first-order valence-corrected chi connectivity index (χ1v) is 12.7. The van der Waals surface area contributed by atoms with Crippen molar-refractivity contribution in [2.75, 3.05) is 19.6 Å². The van der Waals surface area contributed by atoms with Crippen LogP contribution in [0, 0.1) is 0 Å². The van der Waals surface area contributed by atoms with E-state index in [0.29, 0.717) is 24.7 Å². The molecule has 0 radical (unpaired) electrons. The van der Waals surface area contributed by atoms with Crippen molar-refractivity contribution in [1.82, 2.24) is 14.6 Å². The van der Waals surface area contributed by atoms with Crippen LogP contribution in [0.1, 0.15) is 19.3 Å². The summed E-state index contributed by atoms with van der Waals surface area (Å²) >= 11 is 6.18. The number of halogens is 1. The van der Waals surface area contributed by atoms with E-state index in [1.54, 1.807) is 36.7 Å². The molecule has 172 valence electrons. The van der Waals surface area contributed by atoms with Gasteiger partial charge in [0.25, 0.3) is 0 Å². The highest BCUT2D eigenvalue weighted by atomic mass is 35.5. The summed E-state index contributed by atoms with van der Waals surface area (Å²) in [4.78, 5) is 22.5. The van der Waals surface area contributed by atoms with E-state index in [0.717, 1.165) is 30.4 Å². The zero-order chi connectivity index (χ0) is 23.0. The summed E-state index contributed by atoms with van der Waals surface area (Å²) in [7, 11) is -3.48. The molecule has 0 amide bonds. The Balaban J connectivity index is 1.26. The van der Waals surface area contributed by atoms with Crippen LogP contribution in [0.25, 0.3) is 11.1 Å². The van der Waals surface area contributed by atoms with Crippen molar-refractivity contribution in [3.8, 4) is 17.0 Å². The number of nitrogens with one attached hydrogen (secondary N) is 1. The highest BCUT2D eigenvalue weighted by Crippen LogP contribution is 2.28. The molecule has 2 fully saturated rings. The molecular weight excluding hydrogens is 464 g/mol. The molecule has 33 heavy (non-hydrogen) atoms. The van der Waals surface area contributed by atoms with Crippen molar-refractivity contribution in [2.24, 2.45) is 4.99 Å². The number of hydrogen-bond acceptors (Lipinski definition) is 7. The Morgan fingerprint density at radius 1 is 1.09 bits per heavy atom. The smallest absolute Gasteiger partial charge is 0.240 e. The van der Waals surface area contributed by atoms with Gasteiger partial charge in [-0.3, -0.25) is 9.79 Å². The van der Waals surface area contributed by atoms with Gasteiger partial charge in [-0.2, -0.15) is 0 Å². The van der Waals surface area contributed by atoms with Gasteiger partial charge >= 0.3 is 0 Å². The van der Waals surface area contributed by atoms with E-state index < -0.39 is 10.0 Å². The van der Waals surface area contributed by atoms with E-state index in [1.807, 2.05) is 17.0 Å². The Kier molecular flexibility index (Phi) is 5.94. The Morgan fingerprint density at radius 3 is 2.64 bits per heavy atom. The molecule has 1 aliphatic carbocycles. The van der Waals surface area contributed by atoms with Crippen molar-refractivity contribution >= 4 is 33.6 Å². The number of ether oxygens (including phenoxy) is 1. The van der Waals surface area contributed by atoms with Gasteiger partial charge in [0.2, 0.25) is 15.9 Å². The van der Waals surface area contributed by atoms with Crippen molar-refractivity contribution < 1.29 is 17.9 Å². The number of benzene rings is 1. The second kappa shape index (κ2) is 8.89. The number of carbonyl (C=O) groups excluding carboxylic acids is 1. The highest BCUT2D eigenvalue weighted by molar-refractivity contribution is 7.89. The average Bonchev–Trinajstić information content (AvgIpc) is 3.50. The van der Waals surface area contributed by atoms with Gasteiger partial charge in [0.15, 0.2) is 5.78 Å². The number of nitrogens with zero attached hydrogens (tertiary/aromatic N) is 3. The minimum absolute atomic E-state index is 0.0688. The second-order valence-electron chi connectivity index (χ2n) is 8.37. The molecule has 0 spiro atoms. The maximum atomic E-state index is 12.4. The zero-order valence-electron chi connectivity index (χ0n) is 17.8. The van der Waals surface area contributed by atoms with Crippen LogP contribution in [0.15, 0.2) is 63.2 Å². The molecule has 1 N–H and O–H groups in total. The summed E-state index contributed by atoms with van der Waals surface area (Å²) in [6.07, 6.45) is 5.77. The number of dihydropyridines is 1. The summed E-state index contributed by atoms with van der Waals surface area (Å²) in [5, 5.41) is 0.226. The fraction of sp³-hybridized carbons (Fsp3) is 0.348. The molecule has 3 heterocycles. The molecule has 2 aromatic rings. The molecule has 10 heteroatoms. The van der Waals surface area contributed by atoms with E-state index in [9.17, 15) is 13.2 Å². The molecular formula is C23H23ClN4O4S. The molecule has 8 nitrogen and oxygen atoms in total. The maximum absolute atomic E-state index is 12.4. The summed E-state index contributed by atoms with van der Waals surface area (Å²) < 4.78 is 33.5. The third-order valence-electron chi connectivity index (χ3n) is 5.82. The van der Waals surface area contributed by atoms with Gasteiger partial charge in [-0.05, 0) is 42.2 Å². The molecule has 0 unspecified atom stereocenters. The lowest BCUT2D eigenvalue weighted by Gasteiger charge is -2.22. The number of sulfonamides is 1. The molecule has 1 aromatic heterocycles. The van der Waals surface area contributed by atoms with Crippen molar-refractivity contribution in [3.05, 3.63) is 53.3 Å². The van der Waals surface area contributed by atoms with Crippen LogP contribution in [-0.4, -0.2) is 62.1 Å². The van der Waals surface area contributed by atoms with Crippen molar-refractivity contribution in [2.45, 2.75) is 36.3 Å². The summed E-state index contributed by atoms with van der Waals surface area (Å²) in [6.45, 7) is 1.38. The largest absolute Gasteiger partial charge is 0.472 e. The lowest BCUT2D eigenvalue weighted by Crippen LogP contribution is -2.28. The van der Waals surface area contributed by atoms with E-state index >= 15 is 0 Å². The predicted molar refractivity (Wildman–Crippen MR) is 125 cm³/mol. The number of ketones is 1. The van der Waals surface area contributed by atoms with Crippen LogP contribution >= 0.6 is 11.6 Å². The number of Topliss-reactive ketones (excluding diaryl/α,β-unsaturated/α-hetero) is 1. The fourth-order valence-electron chi connectivity index (χ4n) is 3.89. The monoisotopic (exact) mass is 486 g/mol. The third-order valence-corrected chi connectivity index (χ3v) is 7.76. The van der Waals surface area contributed by atoms with Gasteiger partial charge in [0.1, 0.15) is 17.7 Å². The van der Waals surface area contributed by atoms with Gasteiger partial charge in [-0.25, -0.2) is 18.1 Å². The molecule has 1 saturated carbocycles. The molecule has 1 saturated heterocycles. The van der Waals surface area contributed by atoms with Gasteiger partial charge < -0.3 is 9.64 Å². The lowest BCUT2D eigenvalue weighted by atomic mass is 10.1. The van der Waals surface area contributed by atoms with Crippen LogP contribution in [0.3, 0.4) is 0 Å². The number of aliphatic imine (C=N–C) groups is 1. The third kappa shape index (κ3) is 4.95. The number of carbonyl (C=O) groups is 1. The molecule has 3 aliphatic rings. The topological polar surface area (TPSA) is 101 Å². The fourth-order valence-corrected chi connectivity index (χ4v) is 5.42. The zero-order valence-corrected chi connectivity index (χ0v) is 19.3. The average molecular weight is 487 g/mol. The number of rotatable bonds is 7. The molecule has 1 atom stereocenters. The maximum Gasteiger partial charge on any atom is 0.240 e. The van der Waals surface area contributed by atoms with Gasteiger partial charge in [-0.15, -0.1) is 0 Å². The van der Waals surface area contributed by atoms with Gasteiger partial charge in [0.05, 0.1) is 17.1 Å². The van der Waals surface area contributed by atoms with Crippen LogP contribution in [0.5, 0.6) is 5.88 Å². The quantitative estimate of drug-likeness (QED) is 0.645. The van der Waals surface area contributed by atoms with Gasteiger partial charge in [-0.1, -0.05) is 23.7 Å². The van der Waals surface area contributed by atoms with E-state index in [1.165, 1.54) is 0 Å². The summed E-state index contributed by atoms with van der Waals surface area (Å²) in [6, 6.07) is 10.6. The molecule has 5 rings (SSSR count). The van der Waals surface area contributed by atoms with Crippen LogP contribution in [0.4, 0.5) is 0 Å². The summed E-state index contributed by atoms with van der Waals surface area (Å²) in [5.74, 6) is 0.315. The minimum Gasteiger partial charge on any atom is -0.472 e. The Labute approximate surface area is 197 Å². The first-order valence-electron chi connectivity index (χ1n) is 10.8.